The van der Waals surface area contributed by atoms with Crippen LogP contribution in [0.3, 0.4) is 0 Å². The number of hydrogen-bond acceptors (Lipinski definition) is 3. The lowest BCUT2D eigenvalue weighted by Crippen LogP contribution is -2.30. The van der Waals surface area contributed by atoms with Gasteiger partial charge in [-0.1, -0.05) is 12.1 Å². The number of hydrogen-bond donors (Lipinski definition) is 1. The predicted octanol–water partition coefficient (Wildman–Crippen LogP) is 1.53. The predicted molar refractivity (Wildman–Crippen MR) is 70.6 cm³/mol. The van der Waals surface area contributed by atoms with Gasteiger partial charge in [0.2, 0.25) is 0 Å². The van der Waals surface area contributed by atoms with E-state index >= 15 is 0 Å². The van der Waals surface area contributed by atoms with E-state index in [0.717, 1.165) is 25.3 Å². The van der Waals surface area contributed by atoms with E-state index in [0.29, 0.717) is 0 Å². The number of methoxy groups -OCH3 is 1. The Bertz CT molecular complexity index is 315. The second-order valence-electron chi connectivity index (χ2n) is 4.54. The Kier molecular flexibility index (Phi) is 4.83. The maximum atomic E-state index is 5.16. The molecular weight excluding hydrogens is 212 g/mol. The quantitative estimate of drug-likeness (QED) is 0.855. The summed E-state index contributed by atoms with van der Waals surface area (Å²) in [5, 5.41) is 3.43. The molecule has 0 atom stereocenters. The lowest BCUT2D eigenvalue weighted by Gasteiger charge is -2.19. The monoisotopic (exact) mass is 234 g/mol. The molecule has 0 aromatic heterocycles. The average molecular weight is 234 g/mol. The zero-order valence-electron chi connectivity index (χ0n) is 10.6. The van der Waals surface area contributed by atoms with E-state index in [9.17, 15) is 0 Å². The molecule has 0 bridgehead atoms. The Hall–Kier alpha value is -1.06. The van der Waals surface area contributed by atoms with Crippen molar-refractivity contribution in [2.75, 3.05) is 39.8 Å². The highest BCUT2D eigenvalue weighted by Gasteiger charge is 2.07. The maximum absolute atomic E-state index is 5.16. The minimum Gasteiger partial charge on any atom is -0.497 e. The molecule has 1 aliphatic rings. The van der Waals surface area contributed by atoms with Gasteiger partial charge in [-0.15, -0.1) is 0 Å². The Morgan fingerprint density at radius 1 is 1.18 bits per heavy atom. The van der Waals surface area contributed by atoms with Crippen LogP contribution in [0, 0.1) is 0 Å². The van der Waals surface area contributed by atoms with Crippen molar-refractivity contribution in [2.24, 2.45) is 0 Å². The van der Waals surface area contributed by atoms with Crippen LogP contribution in [0.1, 0.15) is 12.0 Å². The summed E-state index contributed by atoms with van der Waals surface area (Å²) in [6.45, 7) is 5.86. The number of rotatable bonds is 4. The van der Waals surface area contributed by atoms with Crippen molar-refractivity contribution in [1.82, 2.24) is 10.2 Å². The fraction of sp³-hybridized carbons (Fsp3) is 0.571. The van der Waals surface area contributed by atoms with Crippen LogP contribution in [0.2, 0.25) is 0 Å². The molecule has 17 heavy (non-hydrogen) atoms. The molecule has 0 spiro atoms. The molecule has 1 aliphatic heterocycles. The highest BCUT2D eigenvalue weighted by Crippen LogP contribution is 2.12. The zero-order chi connectivity index (χ0) is 11.9. The molecule has 0 radical (unpaired) electrons. The van der Waals surface area contributed by atoms with E-state index in [1.165, 1.54) is 31.6 Å². The van der Waals surface area contributed by atoms with Crippen molar-refractivity contribution in [3.8, 4) is 5.75 Å². The summed E-state index contributed by atoms with van der Waals surface area (Å²) >= 11 is 0. The first-order valence-electron chi connectivity index (χ1n) is 6.44. The van der Waals surface area contributed by atoms with Gasteiger partial charge in [0.25, 0.3) is 0 Å². The fourth-order valence-electron chi connectivity index (χ4n) is 2.20. The van der Waals surface area contributed by atoms with Gasteiger partial charge in [-0.2, -0.15) is 0 Å². The molecule has 1 heterocycles. The van der Waals surface area contributed by atoms with Crippen molar-refractivity contribution in [1.29, 1.82) is 0 Å². The lowest BCUT2D eigenvalue weighted by molar-refractivity contribution is 0.296. The number of nitrogens with one attached hydrogen (secondary N) is 1. The van der Waals surface area contributed by atoms with Gasteiger partial charge >= 0.3 is 0 Å². The molecule has 0 amide bonds. The minimum absolute atomic E-state index is 0.938. The Labute approximate surface area is 104 Å². The van der Waals surface area contributed by atoms with Crippen LogP contribution in [0.25, 0.3) is 0 Å². The summed E-state index contributed by atoms with van der Waals surface area (Å²) in [6.07, 6.45) is 2.40. The SMILES string of the molecule is COc1ccc(CCN2CCCNCC2)cc1. The van der Waals surface area contributed by atoms with E-state index in [4.69, 9.17) is 4.74 Å². The van der Waals surface area contributed by atoms with E-state index in [-0.39, 0.29) is 0 Å². The Morgan fingerprint density at radius 3 is 2.76 bits per heavy atom. The zero-order valence-corrected chi connectivity index (χ0v) is 10.6. The van der Waals surface area contributed by atoms with Crippen LogP contribution in [-0.2, 0) is 6.42 Å². The topological polar surface area (TPSA) is 24.5 Å². The second kappa shape index (κ2) is 6.62. The van der Waals surface area contributed by atoms with Gasteiger partial charge in [-0.3, -0.25) is 0 Å². The normalized spacial score (nSPS) is 17.7. The van der Waals surface area contributed by atoms with Crippen molar-refractivity contribution in [2.45, 2.75) is 12.8 Å². The Balaban J connectivity index is 1.79. The van der Waals surface area contributed by atoms with Gasteiger partial charge in [-0.25, -0.2) is 0 Å². The molecule has 3 heteroatoms. The summed E-state index contributed by atoms with van der Waals surface area (Å²) in [4.78, 5) is 2.55. The van der Waals surface area contributed by atoms with Gasteiger partial charge in [-0.05, 0) is 43.6 Å². The van der Waals surface area contributed by atoms with Crippen molar-refractivity contribution in [3.63, 3.8) is 0 Å². The highest BCUT2D eigenvalue weighted by atomic mass is 16.5. The average Bonchev–Trinajstić information content (AvgIpc) is 2.65. The van der Waals surface area contributed by atoms with Crippen LogP contribution in [-0.4, -0.2) is 44.7 Å². The van der Waals surface area contributed by atoms with Gasteiger partial charge in [0.05, 0.1) is 7.11 Å². The molecule has 0 aliphatic carbocycles. The van der Waals surface area contributed by atoms with Gasteiger partial charge in [0.15, 0.2) is 0 Å². The van der Waals surface area contributed by atoms with Gasteiger partial charge in [0.1, 0.15) is 5.75 Å². The maximum Gasteiger partial charge on any atom is 0.118 e. The van der Waals surface area contributed by atoms with Crippen LogP contribution < -0.4 is 10.1 Å². The molecule has 0 unspecified atom stereocenters. The van der Waals surface area contributed by atoms with Crippen molar-refractivity contribution >= 4 is 0 Å². The van der Waals surface area contributed by atoms with E-state index in [1.807, 2.05) is 12.1 Å². The first kappa shape index (κ1) is 12.4. The third-order valence-corrected chi connectivity index (χ3v) is 3.31. The van der Waals surface area contributed by atoms with Crippen molar-refractivity contribution in [3.05, 3.63) is 29.8 Å². The van der Waals surface area contributed by atoms with E-state index in [1.54, 1.807) is 7.11 Å². The van der Waals surface area contributed by atoms with E-state index in [2.05, 4.69) is 22.3 Å². The van der Waals surface area contributed by atoms with Crippen LogP contribution in [0.4, 0.5) is 0 Å². The molecule has 3 nitrogen and oxygen atoms in total. The first-order chi connectivity index (χ1) is 8.38. The van der Waals surface area contributed by atoms with Gasteiger partial charge in [0, 0.05) is 19.6 Å². The number of ether oxygens (including phenoxy) is 1. The molecule has 0 saturated carbocycles. The van der Waals surface area contributed by atoms with E-state index < -0.39 is 0 Å². The third-order valence-electron chi connectivity index (χ3n) is 3.31. The summed E-state index contributed by atoms with van der Waals surface area (Å²) in [5.74, 6) is 0.938. The summed E-state index contributed by atoms with van der Waals surface area (Å²) < 4.78 is 5.16. The molecule has 1 N–H and O–H groups in total. The number of nitrogens with zero attached hydrogens (tertiary/aromatic N) is 1. The third kappa shape index (κ3) is 4.02. The smallest absolute Gasteiger partial charge is 0.118 e. The standard InChI is InChI=1S/C14H22N2O/c1-17-14-5-3-13(4-6-14)7-11-16-10-2-8-15-9-12-16/h3-6,15H,2,7-12H2,1H3. The lowest BCUT2D eigenvalue weighted by atomic mass is 10.1. The molecule has 2 rings (SSSR count). The molecule has 94 valence electrons. The molecular formula is C14H22N2O. The Morgan fingerprint density at radius 2 is 2.00 bits per heavy atom. The minimum atomic E-state index is 0.938. The first-order valence-corrected chi connectivity index (χ1v) is 6.44. The largest absolute Gasteiger partial charge is 0.497 e. The highest BCUT2D eigenvalue weighted by molar-refractivity contribution is 5.27. The summed E-state index contributed by atoms with van der Waals surface area (Å²) in [7, 11) is 1.71. The van der Waals surface area contributed by atoms with Crippen molar-refractivity contribution < 1.29 is 4.74 Å². The van der Waals surface area contributed by atoms with Crippen LogP contribution in [0.5, 0.6) is 5.75 Å². The number of benzene rings is 1. The fourth-order valence-corrected chi connectivity index (χ4v) is 2.20. The van der Waals surface area contributed by atoms with Crippen LogP contribution >= 0.6 is 0 Å². The molecule has 1 aromatic rings. The summed E-state index contributed by atoms with van der Waals surface area (Å²) in [6, 6.07) is 8.41. The van der Waals surface area contributed by atoms with Gasteiger partial charge < -0.3 is 15.0 Å². The molecule has 1 fully saturated rings. The molecule has 1 aromatic carbocycles. The summed E-state index contributed by atoms with van der Waals surface area (Å²) in [5.41, 5.74) is 1.39. The second-order valence-corrected chi connectivity index (χ2v) is 4.54. The molecule has 1 saturated heterocycles. The van der Waals surface area contributed by atoms with Crippen LogP contribution in [0.15, 0.2) is 24.3 Å².